The number of carboxylic acid groups (broad SMARTS) is 1. The number of carbonyl (C=O) groups excluding carboxylic acids is 1. The Morgan fingerprint density at radius 3 is 2.40 bits per heavy atom. The molecule has 3 unspecified atom stereocenters. The summed E-state index contributed by atoms with van der Waals surface area (Å²) >= 11 is 0. The minimum atomic E-state index is -3.35. The highest BCUT2D eigenvalue weighted by Gasteiger charge is 2.57. The minimum Gasteiger partial charge on any atom is -0.480 e. The van der Waals surface area contributed by atoms with Crippen LogP contribution in [0.4, 0.5) is 0 Å². The highest BCUT2D eigenvalue weighted by atomic mass is 32.2. The Hall–Kier alpha value is -1.15. The van der Waals surface area contributed by atoms with Crippen LogP contribution in [-0.4, -0.2) is 54.8 Å². The Labute approximate surface area is 117 Å². The molecule has 0 amide bonds. The van der Waals surface area contributed by atoms with Crippen LogP contribution in [0.25, 0.3) is 0 Å². The van der Waals surface area contributed by atoms with E-state index in [4.69, 9.17) is 4.74 Å². The molecule has 1 rings (SSSR count). The minimum absolute atomic E-state index is 0.00680. The number of carbonyl (C=O) groups is 2. The van der Waals surface area contributed by atoms with Gasteiger partial charge in [0.15, 0.2) is 15.3 Å². The van der Waals surface area contributed by atoms with Crippen LogP contribution < -0.4 is 0 Å². The number of rotatable bonds is 6. The highest BCUT2D eigenvalue weighted by Crippen LogP contribution is 2.41. The van der Waals surface area contributed by atoms with Gasteiger partial charge < -0.3 is 14.9 Å². The van der Waals surface area contributed by atoms with Gasteiger partial charge in [-0.1, -0.05) is 0 Å². The zero-order valence-electron chi connectivity index (χ0n) is 11.5. The van der Waals surface area contributed by atoms with E-state index in [0.29, 0.717) is 0 Å². The molecule has 7 nitrogen and oxygen atoms in total. The van der Waals surface area contributed by atoms with E-state index in [1.54, 1.807) is 0 Å². The van der Waals surface area contributed by atoms with Gasteiger partial charge >= 0.3 is 11.9 Å². The maximum absolute atomic E-state index is 12.1. The number of esters is 1. The number of sulfone groups is 1. The lowest BCUT2D eigenvalue weighted by Gasteiger charge is -2.33. The van der Waals surface area contributed by atoms with E-state index in [-0.39, 0.29) is 31.0 Å². The lowest BCUT2D eigenvalue weighted by molar-refractivity contribution is -0.175. The topological polar surface area (TPSA) is 118 Å². The average Bonchev–Trinajstić information content (AvgIpc) is 2.66. The van der Waals surface area contributed by atoms with E-state index in [2.05, 4.69) is 0 Å². The molecule has 1 heterocycles. The van der Waals surface area contributed by atoms with Gasteiger partial charge in [-0.3, -0.25) is 9.59 Å². The van der Waals surface area contributed by atoms with E-state index >= 15 is 0 Å². The van der Waals surface area contributed by atoms with E-state index < -0.39 is 39.2 Å². The summed E-state index contributed by atoms with van der Waals surface area (Å²) in [4.78, 5) is 23.8. The summed E-state index contributed by atoms with van der Waals surface area (Å²) in [6.45, 7) is 2.89. The summed E-state index contributed by atoms with van der Waals surface area (Å²) in [7, 11) is -3.35. The van der Waals surface area contributed by atoms with Crippen LogP contribution in [-0.2, 0) is 24.2 Å². The van der Waals surface area contributed by atoms with Crippen molar-refractivity contribution >= 4 is 21.8 Å². The largest absolute Gasteiger partial charge is 0.480 e. The molecule has 0 radical (unpaired) electrons. The lowest BCUT2D eigenvalue weighted by atomic mass is 9.71. The van der Waals surface area contributed by atoms with E-state index in [1.165, 1.54) is 13.8 Å². The Kier molecular flexibility index (Phi) is 5.15. The van der Waals surface area contributed by atoms with Gasteiger partial charge in [-0.25, -0.2) is 8.42 Å². The fourth-order valence-electron chi connectivity index (χ4n) is 2.68. The monoisotopic (exact) mass is 308 g/mol. The number of carboxylic acids is 1. The number of ether oxygens (including phenoxy) is 1. The number of aliphatic hydroxyl groups is 1. The van der Waals surface area contributed by atoms with Crippen molar-refractivity contribution in [3.63, 3.8) is 0 Å². The Morgan fingerprint density at radius 1 is 1.45 bits per heavy atom. The summed E-state index contributed by atoms with van der Waals surface area (Å²) < 4.78 is 28.0. The molecule has 20 heavy (non-hydrogen) atoms. The second kappa shape index (κ2) is 6.09. The molecule has 0 aromatic rings. The SMILES string of the molecule is CCOC(=O)C(CC(C)O)(C(=O)O)C1CCS(=O)(=O)C1. The predicted molar refractivity (Wildman–Crippen MR) is 69.8 cm³/mol. The fourth-order valence-corrected chi connectivity index (χ4v) is 4.55. The van der Waals surface area contributed by atoms with Crippen LogP contribution in [0.5, 0.6) is 0 Å². The molecule has 0 spiro atoms. The van der Waals surface area contributed by atoms with Crippen molar-refractivity contribution < 1.29 is 33.0 Å². The number of aliphatic hydroxyl groups excluding tert-OH is 1. The van der Waals surface area contributed by atoms with Crippen molar-refractivity contribution in [3.8, 4) is 0 Å². The molecule has 0 saturated carbocycles. The quantitative estimate of drug-likeness (QED) is 0.516. The molecule has 8 heteroatoms. The van der Waals surface area contributed by atoms with Crippen molar-refractivity contribution in [1.82, 2.24) is 0 Å². The molecule has 2 N–H and O–H groups in total. The third-order valence-electron chi connectivity index (χ3n) is 3.57. The normalized spacial score (nSPS) is 25.6. The first-order valence-electron chi connectivity index (χ1n) is 6.44. The molecule has 1 saturated heterocycles. The Morgan fingerprint density at radius 2 is 2.05 bits per heavy atom. The van der Waals surface area contributed by atoms with Crippen molar-refractivity contribution in [2.24, 2.45) is 11.3 Å². The third kappa shape index (κ3) is 3.29. The molecule has 0 aliphatic carbocycles. The van der Waals surface area contributed by atoms with Crippen molar-refractivity contribution in [2.45, 2.75) is 32.8 Å². The zero-order valence-corrected chi connectivity index (χ0v) is 12.4. The first kappa shape index (κ1) is 16.9. The summed E-state index contributed by atoms with van der Waals surface area (Å²) in [6.07, 6.45) is -1.33. The predicted octanol–water partition coefficient (Wildman–Crippen LogP) is -0.174. The van der Waals surface area contributed by atoms with Gasteiger partial charge in [-0.15, -0.1) is 0 Å². The van der Waals surface area contributed by atoms with Gasteiger partial charge in [-0.2, -0.15) is 0 Å². The third-order valence-corrected chi connectivity index (χ3v) is 5.34. The number of hydrogen-bond acceptors (Lipinski definition) is 6. The maximum atomic E-state index is 12.1. The van der Waals surface area contributed by atoms with E-state index in [9.17, 15) is 28.2 Å². The lowest BCUT2D eigenvalue weighted by Crippen LogP contribution is -2.49. The van der Waals surface area contributed by atoms with Gasteiger partial charge in [0.1, 0.15) is 0 Å². The van der Waals surface area contributed by atoms with Crippen LogP contribution in [0, 0.1) is 11.3 Å². The molecule has 1 fully saturated rings. The summed E-state index contributed by atoms with van der Waals surface area (Å²) in [5.74, 6) is -3.82. The standard InChI is InChI=1S/C12H20O7S/c1-3-19-11(16)12(10(14)15,6-8(2)13)9-4-5-20(17,18)7-9/h8-9,13H,3-7H2,1-2H3,(H,14,15). The van der Waals surface area contributed by atoms with Gasteiger partial charge in [0.2, 0.25) is 0 Å². The number of hydrogen-bond donors (Lipinski definition) is 2. The Balaban J connectivity index is 3.23. The van der Waals surface area contributed by atoms with E-state index in [1.807, 2.05) is 0 Å². The molecule has 3 atom stereocenters. The average molecular weight is 308 g/mol. The molecule has 1 aliphatic heterocycles. The molecule has 0 aromatic heterocycles. The van der Waals surface area contributed by atoms with Gasteiger partial charge in [0.25, 0.3) is 0 Å². The Bertz CT molecular complexity index is 482. The van der Waals surface area contributed by atoms with Crippen LogP contribution >= 0.6 is 0 Å². The first-order chi connectivity index (χ1) is 9.15. The summed E-state index contributed by atoms with van der Waals surface area (Å²) in [5, 5.41) is 19.0. The van der Waals surface area contributed by atoms with Gasteiger partial charge in [0, 0.05) is 12.3 Å². The zero-order chi connectivity index (χ0) is 15.6. The highest BCUT2D eigenvalue weighted by molar-refractivity contribution is 7.91. The van der Waals surface area contributed by atoms with Crippen molar-refractivity contribution in [3.05, 3.63) is 0 Å². The van der Waals surface area contributed by atoms with E-state index in [0.717, 1.165) is 0 Å². The van der Waals surface area contributed by atoms with Gasteiger partial charge in [-0.05, 0) is 20.3 Å². The van der Waals surface area contributed by atoms with Crippen molar-refractivity contribution in [1.29, 1.82) is 0 Å². The maximum Gasteiger partial charge on any atom is 0.323 e. The molecule has 1 aliphatic rings. The van der Waals surface area contributed by atoms with Crippen LogP contribution in [0.15, 0.2) is 0 Å². The van der Waals surface area contributed by atoms with Gasteiger partial charge in [0.05, 0.1) is 24.2 Å². The molecular formula is C12H20O7S. The number of aliphatic carboxylic acids is 1. The van der Waals surface area contributed by atoms with Crippen LogP contribution in [0.1, 0.15) is 26.7 Å². The molecule has 0 bridgehead atoms. The summed E-state index contributed by atoms with van der Waals surface area (Å²) in [6, 6.07) is 0. The van der Waals surface area contributed by atoms with Crippen LogP contribution in [0.2, 0.25) is 0 Å². The first-order valence-corrected chi connectivity index (χ1v) is 8.27. The second-order valence-electron chi connectivity index (χ2n) is 5.15. The molecule has 0 aromatic carbocycles. The van der Waals surface area contributed by atoms with Crippen LogP contribution in [0.3, 0.4) is 0 Å². The smallest absolute Gasteiger partial charge is 0.323 e. The fraction of sp³-hybridized carbons (Fsp3) is 0.833. The molecular weight excluding hydrogens is 288 g/mol. The summed E-state index contributed by atoms with van der Waals surface area (Å²) in [5.41, 5.74) is -2.01. The molecule has 116 valence electrons. The second-order valence-corrected chi connectivity index (χ2v) is 7.38. The van der Waals surface area contributed by atoms with Crippen molar-refractivity contribution in [2.75, 3.05) is 18.1 Å².